The van der Waals surface area contributed by atoms with Crippen molar-refractivity contribution in [2.45, 2.75) is 35.6 Å². The molecule has 1 amide bonds. The molecule has 0 unspecified atom stereocenters. The van der Waals surface area contributed by atoms with Gasteiger partial charge >= 0.3 is 0 Å². The maximum atomic E-state index is 12.6. The average molecular weight is 420 g/mol. The molecule has 9 heteroatoms. The van der Waals surface area contributed by atoms with Gasteiger partial charge in [-0.25, -0.2) is 8.42 Å². The van der Waals surface area contributed by atoms with E-state index >= 15 is 0 Å². The fourth-order valence-electron chi connectivity index (χ4n) is 3.46. The number of nitrogens with zero attached hydrogens (tertiary/aromatic N) is 2. The lowest BCUT2D eigenvalue weighted by Crippen LogP contribution is -2.47. The van der Waals surface area contributed by atoms with Gasteiger partial charge in [-0.05, 0) is 17.0 Å². The van der Waals surface area contributed by atoms with Crippen molar-refractivity contribution in [2.75, 3.05) is 13.1 Å². The summed E-state index contributed by atoms with van der Waals surface area (Å²) in [5.74, 6) is -0.241. The van der Waals surface area contributed by atoms with Crippen LogP contribution in [0.25, 0.3) is 0 Å². The average Bonchev–Trinajstić information content (AvgIpc) is 3.39. The second kappa shape index (κ2) is 7.65. The van der Waals surface area contributed by atoms with Crippen molar-refractivity contribution in [1.82, 2.24) is 9.62 Å². The summed E-state index contributed by atoms with van der Waals surface area (Å²) in [4.78, 5) is 18.0. The molecule has 2 aliphatic heterocycles. The number of oxime groups is 1. The number of sulfonamides is 1. The van der Waals surface area contributed by atoms with E-state index in [4.69, 9.17) is 4.84 Å². The highest BCUT2D eigenvalue weighted by atomic mass is 32.2. The molecule has 0 bridgehead atoms. The van der Waals surface area contributed by atoms with Crippen LogP contribution in [0.4, 0.5) is 0 Å². The predicted molar refractivity (Wildman–Crippen MR) is 106 cm³/mol. The van der Waals surface area contributed by atoms with Gasteiger partial charge in [-0.15, -0.1) is 11.3 Å². The van der Waals surface area contributed by atoms with Gasteiger partial charge in [-0.3, -0.25) is 4.79 Å². The first-order chi connectivity index (χ1) is 13.5. The molecule has 3 heterocycles. The second-order valence-corrected chi connectivity index (χ2v) is 10.1. The predicted octanol–water partition coefficient (Wildman–Crippen LogP) is 2.36. The van der Waals surface area contributed by atoms with E-state index in [2.05, 4.69) is 10.5 Å². The van der Waals surface area contributed by atoms with Gasteiger partial charge < -0.3 is 10.2 Å². The largest absolute Gasteiger partial charge is 0.388 e. The van der Waals surface area contributed by atoms with Gasteiger partial charge in [-0.2, -0.15) is 4.31 Å². The molecule has 28 heavy (non-hydrogen) atoms. The van der Waals surface area contributed by atoms with Gasteiger partial charge in [0.05, 0.1) is 0 Å². The van der Waals surface area contributed by atoms with E-state index in [9.17, 15) is 13.2 Å². The van der Waals surface area contributed by atoms with E-state index in [0.29, 0.717) is 48.8 Å². The summed E-state index contributed by atoms with van der Waals surface area (Å²) in [6.45, 7) is 1.14. The number of carbonyl (C=O) groups is 1. The lowest BCUT2D eigenvalue weighted by atomic mass is 9.87. The smallest absolute Gasteiger partial charge is 0.269 e. The third kappa shape index (κ3) is 3.82. The van der Waals surface area contributed by atoms with E-state index in [1.54, 1.807) is 17.5 Å². The van der Waals surface area contributed by atoms with Crippen LogP contribution < -0.4 is 5.32 Å². The zero-order chi connectivity index (χ0) is 19.6. The maximum absolute atomic E-state index is 12.6. The minimum atomic E-state index is -3.45. The van der Waals surface area contributed by atoms with Crippen LogP contribution in [-0.4, -0.2) is 43.0 Å². The normalized spacial score (nSPS) is 19.2. The topological polar surface area (TPSA) is 88.1 Å². The number of rotatable bonds is 5. The number of piperidine rings is 1. The van der Waals surface area contributed by atoms with Crippen molar-refractivity contribution in [3.05, 3.63) is 53.4 Å². The first kappa shape index (κ1) is 19.1. The van der Waals surface area contributed by atoms with Crippen LogP contribution in [0.1, 0.15) is 24.8 Å². The molecule has 4 rings (SSSR count). The standard InChI is InChI=1S/C19H21N3O4S2/c23-18(20-14-15-5-2-1-3-6-15)16-13-19(26-21-16)8-10-22(11-9-19)28(24,25)17-7-4-12-27-17/h1-7,12H,8-11,13-14H2,(H,20,23). The van der Waals surface area contributed by atoms with E-state index in [1.165, 1.54) is 15.6 Å². The Labute approximate surface area is 168 Å². The molecule has 1 saturated heterocycles. The van der Waals surface area contributed by atoms with Gasteiger partial charge in [0, 0.05) is 38.9 Å². The SMILES string of the molecule is O=C(NCc1ccccc1)C1=NOC2(CCN(S(=O)(=O)c3cccs3)CC2)C1. The van der Waals surface area contributed by atoms with Crippen LogP contribution in [0.2, 0.25) is 0 Å². The monoisotopic (exact) mass is 419 g/mol. The molecule has 1 spiro atoms. The molecule has 0 aliphatic carbocycles. The second-order valence-electron chi connectivity index (χ2n) is 6.99. The molecule has 0 saturated carbocycles. The highest BCUT2D eigenvalue weighted by Gasteiger charge is 2.45. The number of amides is 1. The highest BCUT2D eigenvalue weighted by molar-refractivity contribution is 7.91. The molecule has 2 aliphatic rings. The van der Waals surface area contributed by atoms with Crippen LogP contribution in [0.15, 0.2) is 57.2 Å². The summed E-state index contributed by atoms with van der Waals surface area (Å²) >= 11 is 1.22. The minimum Gasteiger partial charge on any atom is -0.388 e. The molecule has 1 aromatic carbocycles. The molecule has 2 aromatic rings. The van der Waals surface area contributed by atoms with Crippen LogP contribution in [-0.2, 0) is 26.2 Å². The lowest BCUT2D eigenvalue weighted by Gasteiger charge is -2.36. The fourth-order valence-corrected chi connectivity index (χ4v) is 6.05. The quantitative estimate of drug-likeness (QED) is 0.806. The number of nitrogens with one attached hydrogen (secondary N) is 1. The number of carbonyl (C=O) groups excluding carboxylic acids is 1. The molecule has 148 valence electrons. The fraction of sp³-hybridized carbons (Fsp3) is 0.368. The van der Waals surface area contributed by atoms with Crippen molar-refractivity contribution < 1.29 is 18.0 Å². The molecule has 0 atom stereocenters. The minimum absolute atomic E-state index is 0.241. The first-order valence-corrected chi connectivity index (χ1v) is 11.4. The summed E-state index contributed by atoms with van der Waals surface area (Å²) < 4.78 is 27.1. The number of benzene rings is 1. The lowest BCUT2D eigenvalue weighted by molar-refractivity contribution is -0.115. The Morgan fingerprint density at radius 3 is 2.61 bits per heavy atom. The van der Waals surface area contributed by atoms with E-state index in [-0.39, 0.29) is 5.91 Å². The Morgan fingerprint density at radius 2 is 1.93 bits per heavy atom. The highest BCUT2D eigenvalue weighted by Crippen LogP contribution is 2.36. The Kier molecular flexibility index (Phi) is 5.22. The molecule has 0 radical (unpaired) electrons. The van der Waals surface area contributed by atoms with Crippen molar-refractivity contribution in [3.8, 4) is 0 Å². The first-order valence-electron chi connectivity index (χ1n) is 9.09. The zero-order valence-corrected chi connectivity index (χ0v) is 16.8. The molecule has 7 nitrogen and oxygen atoms in total. The van der Waals surface area contributed by atoms with Crippen molar-refractivity contribution in [3.63, 3.8) is 0 Å². The van der Waals surface area contributed by atoms with Crippen molar-refractivity contribution >= 4 is 33.0 Å². The molecule has 1 N–H and O–H groups in total. The van der Waals surface area contributed by atoms with Crippen LogP contribution in [0, 0.1) is 0 Å². The van der Waals surface area contributed by atoms with E-state index < -0.39 is 15.6 Å². The summed E-state index contributed by atoms with van der Waals surface area (Å²) in [5, 5.41) is 8.62. The number of hydrogen-bond donors (Lipinski definition) is 1. The number of hydrogen-bond acceptors (Lipinski definition) is 6. The summed E-state index contributed by atoms with van der Waals surface area (Å²) in [7, 11) is -3.45. The van der Waals surface area contributed by atoms with Crippen LogP contribution in [0.5, 0.6) is 0 Å². The summed E-state index contributed by atoms with van der Waals surface area (Å²) in [5.41, 5.74) is 0.795. The third-order valence-corrected chi connectivity index (χ3v) is 8.39. The van der Waals surface area contributed by atoms with Crippen LogP contribution >= 0.6 is 11.3 Å². The van der Waals surface area contributed by atoms with Gasteiger partial charge in [-0.1, -0.05) is 41.6 Å². The van der Waals surface area contributed by atoms with Gasteiger partial charge in [0.2, 0.25) is 0 Å². The third-order valence-electron chi connectivity index (χ3n) is 5.12. The maximum Gasteiger partial charge on any atom is 0.269 e. The van der Waals surface area contributed by atoms with Gasteiger partial charge in [0.25, 0.3) is 15.9 Å². The van der Waals surface area contributed by atoms with E-state index in [1.807, 2.05) is 30.3 Å². The molecule has 1 aromatic heterocycles. The van der Waals surface area contributed by atoms with E-state index in [0.717, 1.165) is 5.56 Å². The summed E-state index contributed by atoms with van der Waals surface area (Å²) in [6.07, 6.45) is 1.42. The van der Waals surface area contributed by atoms with Crippen molar-refractivity contribution in [2.24, 2.45) is 5.16 Å². The van der Waals surface area contributed by atoms with Gasteiger partial charge in [0.15, 0.2) is 0 Å². The zero-order valence-electron chi connectivity index (χ0n) is 15.2. The summed E-state index contributed by atoms with van der Waals surface area (Å²) in [6, 6.07) is 13.0. The molecular weight excluding hydrogens is 398 g/mol. The molecule has 1 fully saturated rings. The van der Waals surface area contributed by atoms with Crippen molar-refractivity contribution in [1.29, 1.82) is 0 Å². The Hall–Kier alpha value is -2.23. The van der Waals surface area contributed by atoms with Crippen LogP contribution in [0.3, 0.4) is 0 Å². The number of thiophene rings is 1. The Morgan fingerprint density at radius 1 is 1.18 bits per heavy atom. The Bertz CT molecular complexity index is 964. The molecular formula is C19H21N3O4S2. The Balaban J connectivity index is 1.32. The van der Waals surface area contributed by atoms with Gasteiger partial charge in [0.1, 0.15) is 15.5 Å².